The number of carbonyl (C=O) groups is 2. The van der Waals surface area contributed by atoms with Crippen molar-refractivity contribution in [3.8, 4) is 0 Å². The quantitative estimate of drug-likeness (QED) is 0.819. The number of amides is 2. The molecule has 1 N–H and O–H groups in total. The zero-order valence-electron chi connectivity index (χ0n) is 17.3. The van der Waals surface area contributed by atoms with Crippen molar-refractivity contribution in [2.45, 2.75) is 45.6 Å². The molecule has 29 heavy (non-hydrogen) atoms. The van der Waals surface area contributed by atoms with Crippen LogP contribution >= 0.6 is 0 Å². The van der Waals surface area contributed by atoms with Crippen molar-refractivity contribution in [1.29, 1.82) is 0 Å². The molecular formula is C23H30N4O2. The van der Waals surface area contributed by atoms with Gasteiger partial charge in [0.25, 0.3) is 5.91 Å². The molecule has 6 nitrogen and oxygen atoms in total. The maximum absolute atomic E-state index is 12.9. The summed E-state index contributed by atoms with van der Waals surface area (Å²) in [6, 6.07) is 8.81. The summed E-state index contributed by atoms with van der Waals surface area (Å²) in [7, 11) is 0. The number of rotatable bonds is 6. The molecule has 0 spiro atoms. The number of piperidine rings is 1. The minimum Gasteiger partial charge on any atom is -0.341 e. The Morgan fingerprint density at radius 1 is 1.14 bits per heavy atom. The van der Waals surface area contributed by atoms with Crippen molar-refractivity contribution in [2.24, 2.45) is 11.8 Å². The van der Waals surface area contributed by atoms with E-state index in [2.05, 4.69) is 48.1 Å². The van der Waals surface area contributed by atoms with Gasteiger partial charge < -0.3 is 14.8 Å². The SMILES string of the molecule is CC(C)Cc1ccc(CCC(=O)N2CC3CC2CN(C(=O)c2cnc[nH]2)C3)cc1. The lowest BCUT2D eigenvalue weighted by atomic mass is 9.99. The number of aromatic nitrogens is 2. The Morgan fingerprint density at radius 3 is 2.59 bits per heavy atom. The van der Waals surface area contributed by atoms with Crippen molar-refractivity contribution in [3.05, 3.63) is 53.6 Å². The van der Waals surface area contributed by atoms with Crippen molar-refractivity contribution < 1.29 is 9.59 Å². The van der Waals surface area contributed by atoms with Crippen molar-refractivity contribution in [1.82, 2.24) is 19.8 Å². The highest BCUT2D eigenvalue weighted by atomic mass is 16.2. The Bertz CT molecular complexity index is 844. The zero-order chi connectivity index (χ0) is 20.4. The fourth-order valence-corrected chi connectivity index (χ4v) is 4.68. The van der Waals surface area contributed by atoms with Crippen molar-refractivity contribution >= 4 is 11.8 Å². The maximum atomic E-state index is 12.9. The van der Waals surface area contributed by atoms with Crippen LogP contribution in [0.15, 0.2) is 36.8 Å². The number of aromatic amines is 1. The number of fused-ring (bicyclic) bond motifs is 2. The number of nitrogens with one attached hydrogen (secondary N) is 1. The highest BCUT2D eigenvalue weighted by Gasteiger charge is 2.42. The van der Waals surface area contributed by atoms with Gasteiger partial charge >= 0.3 is 0 Å². The van der Waals surface area contributed by atoms with E-state index < -0.39 is 0 Å². The largest absolute Gasteiger partial charge is 0.341 e. The molecule has 2 saturated heterocycles. The molecule has 3 heterocycles. The van der Waals surface area contributed by atoms with Crippen LogP contribution in [0.2, 0.25) is 0 Å². The molecule has 2 aromatic rings. The van der Waals surface area contributed by atoms with Gasteiger partial charge in [-0.15, -0.1) is 0 Å². The average Bonchev–Trinajstić information content (AvgIpc) is 3.34. The Labute approximate surface area is 172 Å². The highest BCUT2D eigenvalue weighted by molar-refractivity contribution is 5.92. The van der Waals surface area contributed by atoms with Crippen molar-refractivity contribution in [2.75, 3.05) is 19.6 Å². The topological polar surface area (TPSA) is 69.3 Å². The van der Waals surface area contributed by atoms with Crippen LogP contribution in [0.1, 0.15) is 48.3 Å². The van der Waals surface area contributed by atoms with Gasteiger partial charge in [-0.2, -0.15) is 0 Å². The van der Waals surface area contributed by atoms with E-state index in [-0.39, 0.29) is 17.9 Å². The molecule has 2 unspecified atom stereocenters. The summed E-state index contributed by atoms with van der Waals surface area (Å²) in [5.41, 5.74) is 3.08. The van der Waals surface area contributed by atoms with Crippen LogP contribution in [-0.2, 0) is 17.6 Å². The number of H-pyrrole nitrogens is 1. The second-order valence-corrected chi connectivity index (χ2v) is 8.89. The van der Waals surface area contributed by atoms with Crippen LogP contribution in [-0.4, -0.2) is 57.3 Å². The second-order valence-electron chi connectivity index (χ2n) is 8.89. The van der Waals surface area contributed by atoms with Gasteiger partial charge in [-0.05, 0) is 42.2 Å². The lowest BCUT2D eigenvalue weighted by Crippen LogP contribution is -2.46. The zero-order valence-corrected chi connectivity index (χ0v) is 17.3. The standard InChI is InChI=1S/C23H30N4O2/c1-16(2)9-18-5-3-17(4-6-18)7-8-22(28)27-13-19-10-20(27)14-26(12-19)23(29)21-11-24-15-25-21/h3-6,11,15-16,19-20H,7-10,12-14H2,1-2H3,(H,24,25). The lowest BCUT2D eigenvalue weighted by molar-refractivity contribution is -0.132. The van der Waals surface area contributed by atoms with E-state index in [4.69, 9.17) is 0 Å². The first-order valence-electron chi connectivity index (χ1n) is 10.6. The summed E-state index contributed by atoms with van der Waals surface area (Å²) < 4.78 is 0. The van der Waals surface area contributed by atoms with Crippen molar-refractivity contribution in [3.63, 3.8) is 0 Å². The Balaban J connectivity index is 1.31. The monoisotopic (exact) mass is 394 g/mol. The molecule has 2 aliphatic rings. The first-order chi connectivity index (χ1) is 14.0. The van der Waals surface area contributed by atoms with Gasteiger partial charge in [0.15, 0.2) is 0 Å². The number of aryl methyl sites for hydroxylation is 1. The van der Waals surface area contributed by atoms with E-state index in [1.807, 2.05) is 9.80 Å². The van der Waals surface area contributed by atoms with E-state index in [9.17, 15) is 9.59 Å². The van der Waals surface area contributed by atoms with E-state index in [1.165, 1.54) is 17.5 Å². The molecular weight excluding hydrogens is 364 g/mol. The van der Waals surface area contributed by atoms with Crippen LogP contribution in [0.3, 0.4) is 0 Å². The minimum atomic E-state index is -0.0204. The fourth-order valence-electron chi connectivity index (χ4n) is 4.68. The summed E-state index contributed by atoms with van der Waals surface area (Å²) in [5.74, 6) is 1.21. The second kappa shape index (κ2) is 8.39. The van der Waals surface area contributed by atoms with Gasteiger partial charge in [0.05, 0.1) is 12.5 Å². The van der Waals surface area contributed by atoms with E-state index >= 15 is 0 Å². The number of hydrogen-bond acceptors (Lipinski definition) is 3. The van der Waals surface area contributed by atoms with Crippen LogP contribution in [0.25, 0.3) is 0 Å². The minimum absolute atomic E-state index is 0.0204. The van der Waals surface area contributed by atoms with Crippen LogP contribution in [0.5, 0.6) is 0 Å². The molecule has 2 atom stereocenters. The fraction of sp³-hybridized carbons (Fsp3) is 0.522. The Hall–Kier alpha value is -2.63. The summed E-state index contributed by atoms with van der Waals surface area (Å²) in [5, 5.41) is 0. The summed E-state index contributed by atoms with van der Waals surface area (Å²) in [6.07, 6.45) is 6.48. The summed E-state index contributed by atoms with van der Waals surface area (Å²) in [6.45, 7) is 6.55. The molecule has 0 saturated carbocycles. The third-order valence-electron chi connectivity index (χ3n) is 6.04. The smallest absolute Gasteiger partial charge is 0.271 e. The lowest BCUT2D eigenvalue weighted by Gasteiger charge is -2.32. The van der Waals surface area contributed by atoms with Crippen LogP contribution in [0, 0.1) is 11.8 Å². The predicted molar refractivity (Wildman–Crippen MR) is 111 cm³/mol. The summed E-state index contributed by atoms with van der Waals surface area (Å²) in [4.78, 5) is 36.2. The van der Waals surface area contributed by atoms with E-state index in [1.54, 1.807) is 6.20 Å². The molecule has 6 heteroatoms. The first-order valence-corrected chi connectivity index (χ1v) is 10.6. The van der Waals surface area contributed by atoms with Gasteiger partial charge in [0.2, 0.25) is 5.91 Å². The average molecular weight is 395 g/mol. The molecule has 4 rings (SSSR count). The van der Waals surface area contributed by atoms with Gasteiger partial charge in [0, 0.05) is 32.1 Å². The van der Waals surface area contributed by atoms with Crippen LogP contribution in [0.4, 0.5) is 0 Å². The third-order valence-corrected chi connectivity index (χ3v) is 6.04. The Morgan fingerprint density at radius 2 is 1.90 bits per heavy atom. The normalized spacial score (nSPS) is 21.1. The number of nitrogens with zero attached hydrogens (tertiary/aromatic N) is 3. The molecule has 0 aliphatic carbocycles. The molecule has 2 bridgehead atoms. The number of hydrogen-bond donors (Lipinski definition) is 1. The molecule has 154 valence electrons. The molecule has 1 aromatic heterocycles. The first kappa shape index (κ1) is 19.7. The van der Waals surface area contributed by atoms with Gasteiger partial charge in [-0.3, -0.25) is 9.59 Å². The van der Waals surface area contributed by atoms with Gasteiger partial charge in [-0.1, -0.05) is 38.1 Å². The van der Waals surface area contributed by atoms with E-state index in [0.29, 0.717) is 30.5 Å². The highest BCUT2D eigenvalue weighted by Crippen LogP contribution is 2.31. The maximum Gasteiger partial charge on any atom is 0.271 e. The number of likely N-dealkylation sites (tertiary alicyclic amines) is 2. The van der Waals surface area contributed by atoms with Gasteiger partial charge in [0.1, 0.15) is 5.69 Å². The molecule has 1 aromatic carbocycles. The Kier molecular flexibility index (Phi) is 5.69. The number of imidazole rings is 1. The molecule has 0 radical (unpaired) electrons. The summed E-state index contributed by atoms with van der Waals surface area (Å²) >= 11 is 0. The molecule has 2 aliphatic heterocycles. The number of carbonyl (C=O) groups excluding carboxylic acids is 2. The van der Waals surface area contributed by atoms with Gasteiger partial charge in [-0.25, -0.2) is 4.98 Å². The number of benzene rings is 1. The third kappa shape index (κ3) is 4.52. The van der Waals surface area contributed by atoms with Crippen LogP contribution < -0.4 is 0 Å². The molecule has 2 amide bonds. The molecule has 2 fully saturated rings. The predicted octanol–water partition coefficient (Wildman–Crippen LogP) is 2.91. The van der Waals surface area contributed by atoms with E-state index in [0.717, 1.165) is 32.4 Å².